The van der Waals surface area contributed by atoms with Gasteiger partial charge in [-0.05, 0) is 48.5 Å². The van der Waals surface area contributed by atoms with E-state index in [4.69, 9.17) is 14.3 Å². The Labute approximate surface area is 163 Å². The van der Waals surface area contributed by atoms with Gasteiger partial charge in [-0.2, -0.15) is 0 Å². The first kappa shape index (κ1) is 19.4. The van der Waals surface area contributed by atoms with Crippen LogP contribution in [-0.2, 0) is 14.3 Å². The molecule has 3 rings (SSSR count). The summed E-state index contributed by atoms with van der Waals surface area (Å²) >= 11 is 0.658. The average molecular weight is 401 g/mol. The number of imide groups is 1. The molecule has 1 saturated heterocycles. The van der Waals surface area contributed by atoms with Gasteiger partial charge < -0.3 is 14.3 Å². The molecule has 144 valence electrons. The summed E-state index contributed by atoms with van der Waals surface area (Å²) in [6, 6.07) is 8.36. The lowest BCUT2D eigenvalue weighted by atomic mass is 10.0. The average Bonchev–Trinajstić information content (AvgIpc) is 3.21. The van der Waals surface area contributed by atoms with Crippen LogP contribution in [0.4, 0.5) is 4.79 Å². The number of rotatable bonds is 5. The van der Waals surface area contributed by atoms with Crippen LogP contribution in [0.1, 0.15) is 21.7 Å². The summed E-state index contributed by atoms with van der Waals surface area (Å²) < 4.78 is 10.4. The molecule has 9 heteroatoms. The molecule has 8 nitrogen and oxygen atoms in total. The highest BCUT2D eigenvalue weighted by Gasteiger charge is 2.36. The fourth-order valence-corrected chi connectivity index (χ4v) is 3.48. The summed E-state index contributed by atoms with van der Waals surface area (Å²) in [7, 11) is 1.31. The van der Waals surface area contributed by atoms with Crippen molar-refractivity contribution in [3.63, 3.8) is 0 Å². The molecule has 2 amide bonds. The summed E-state index contributed by atoms with van der Waals surface area (Å²) in [5, 5.41) is 8.15. The minimum absolute atomic E-state index is 0.0879. The van der Waals surface area contributed by atoms with Crippen LogP contribution < -0.4 is 0 Å². The Hall–Kier alpha value is -3.33. The van der Waals surface area contributed by atoms with Gasteiger partial charge in [-0.1, -0.05) is 6.07 Å². The number of hydrogen-bond acceptors (Lipinski definition) is 7. The van der Waals surface area contributed by atoms with E-state index in [1.807, 2.05) is 6.92 Å². The molecule has 1 aliphatic rings. The van der Waals surface area contributed by atoms with Crippen LogP contribution in [0.25, 0.3) is 17.4 Å². The van der Waals surface area contributed by atoms with E-state index in [1.54, 1.807) is 30.3 Å². The van der Waals surface area contributed by atoms with Gasteiger partial charge in [-0.15, -0.1) is 0 Å². The van der Waals surface area contributed by atoms with Crippen molar-refractivity contribution >= 4 is 40.9 Å². The molecule has 1 N–H and O–H groups in total. The Morgan fingerprint density at radius 2 is 2.00 bits per heavy atom. The number of thioether (sulfide) groups is 1. The maximum absolute atomic E-state index is 12.2. The molecular formula is C19H15NO7S. The number of carboxylic acid groups (broad SMARTS) is 1. The molecule has 0 aliphatic carbocycles. The number of benzene rings is 1. The zero-order valence-corrected chi connectivity index (χ0v) is 15.7. The summed E-state index contributed by atoms with van der Waals surface area (Å²) in [5.74, 6) is -1.52. The second-order valence-corrected chi connectivity index (χ2v) is 6.88. The first-order valence-electron chi connectivity index (χ1n) is 8.06. The molecule has 1 aromatic carbocycles. The third kappa shape index (κ3) is 3.84. The molecule has 28 heavy (non-hydrogen) atoms. The summed E-state index contributed by atoms with van der Waals surface area (Å²) in [4.78, 5) is 47.1. The molecule has 0 saturated carbocycles. The summed E-state index contributed by atoms with van der Waals surface area (Å²) in [6.45, 7) is 1.14. The van der Waals surface area contributed by atoms with Crippen molar-refractivity contribution in [2.75, 3.05) is 13.7 Å². The van der Waals surface area contributed by atoms with Gasteiger partial charge in [0.25, 0.3) is 11.1 Å². The topological polar surface area (TPSA) is 114 Å². The molecule has 0 unspecified atom stereocenters. The zero-order chi connectivity index (χ0) is 20.4. The number of ether oxygens (including phenoxy) is 1. The Morgan fingerprint density at radius 1 is 1.25 bits per heavy atom. The maximum Gasteiger partial charge on any atom is 0.337 e. The van der Waals surface area contributed by atoms with Crippen LogP contribution in [0.15, 0.2) is 39.7 Å². The van der Waals surface area contributed by atoms with Crippen molar-refractivity contribution in [1.29, 1.82) is 0 Å². The number of aryl methyl sites for hydroxylation is 1. The number of carbonyl (C=O) groups is 4. The maximum atomic E-state index is 12.2. The van der Waals surface area contributed by atoms with E-state index >= 15 is 0 Å². The van der Waals surface area contributed by atoms with E-state index in [-0.39, 0.29) is 4.91 Å². The Balaban J connectivity index is 1.84. The van der Waals surface area contributed by atoms with Crippen LogP contribution in [0, 0.1) is 6.92 Å². The van der Waals surface area contributed by atoms with Gasteiger partial charge in [0.2, 0.25) is 0 Å². The van der Waals surface area contributed by atoms with Crippen LogP contribution in [0.5, 0.6) is 0 Å². The van der Waals surface area contributed by atoms with Gasteiger partial charge in [-0.3, -0.25) is 19.3 Å². The largest absolute Gasteiger partial charge is 0.480 e. The number of aliphatic carboxylic acids is 1. The number of carboxylic acids is 1. The zero-order valence-electron chi connectivity index (χ0n) is 14.9. The molecular weight excluding hydrogens is 386 g/mol. The number of methoxy groups -OCH3 is 1. The van der Waals surface area contributed by atoms with Crippen LogP contribution in [-0.4, -0.2) is 46.7 Å². The van der Waals surface area contributed by atoms with Gasteiger partial charge in [0.15, 0.2) is 0 Å². The highest BCUT2D eigenvalue weighted by Crippen LogP contribution is 2.33. The molecule has 0 bridgehead atoms. The SMILES string of the molecule is COC(=O)c1ccc(-c2ccc(/C=C3/SC(=O)N(CC(=O)O)C3=O)o2)c(C)c1. The third-order valence-corrected chi connectivity index (χ3v) is 4.89. The predicted octanol–water partition coefficient (Wildman–Crippen LogP) is 3.16. The second kappa shape index (κ2) is 7.73. The molecule has 2 aromatic rings. The Morgan fingerprint density at radius 3 is 2.64 bits per heavy atom. The summed E-state index contributed by atoms with van der Waals surface area (Å²) in [5.41, 5.74) is 1.97. The van der Waals surface area contributed by atoms with Gasteiger partial charge in [-0.25, -0.2) is 4.79 Å². The van der Waals surface area contributed by atoms with Gasteiger partial charge in [0, 0.05) is 11.6 Å². The molecule has 1 aromatic heterocycles. The van der Waals surface area contributed by atoms with Crippen molar-refractivity contribution < 1.29 is 33.4 Å². The monoisotopic (exact) mass is 401 g/mol. The fraction of sp³-hybridized carbons (Fsp3) is 0.158. The van der Waals surface area contributed by atoms with E-state index in [1.165, 1.54) is 13.2 Å². The standard InChI is InChI=1S/C19H15NO7S/c1-10-7-11(18(24)26-2)3-5-13(10)14-6-4-12(27-14)8-15-17(23)20(9-16(21)22)19(25)28-15/h3-8H,9H2,1-2H3,(H,21,22)/b15-8+. The lowest BCUT2D eigenvalue weighted by Gasteiger charge is -2.07. The summed E-state index contributed by atoms with van der Waals surface area (Å²) in [6.07, 6.45) is 1.40. The second-order valence-electron chi connectivity index (χ2n) is 5.88. The first-order chi connectivity index (χ1) is 13.3. The molecule has 0 radical (unpaired) electrons. The first-order valence-corrected chi connectivity index (χ1v) is 8.88. The number of carbonyl (C=O) groups excluding carboxylic acids is 3. The highest BCUT2D eigenvalue weighted by atomic mass is 32.2. The van der Waals surface area contributed by atoms with Gasteiger partial charge in [0.1, 0.15) is 18.1 Å². The number of hydrogen-bond donors (Lipinski definition) is 1. The van der Waals surface area contributed by atoms with Crippen LogP contribution in [0.3, 0.4) is 0 Å². The highest BCUT2D eigenvalue weighted by molar-refractivity contribution is 8.18. The number of furan rings is 1. The lowest BCUT2D eigenvalue weighted by Crippen LogP contribution is -2.33. The molecule has 0 spiro atoms. The van der Waals surface area contributed by atoms with E-state index < -0.39 is 29.6 Å². The van der Waals surface area contributed by atoms with Crippen molar-refractivity contribution in [2.45, 2.75) is 6.92 Å². The lowest BCUT2D eigenvalue weighted by molar-refractivity contribution is -0.140. The molecule has 2 heterocycles. The Bertz CT molecular complexity index is 1020. The van der Waals surface area contributed by atoms with Crippen LogP contribution >= 0.6 is 11.8 Å². The Kier molecular flexibility index (Phi) is 5.36. The van der Waals surface area contributed by atoms with Crippen molar-refractivity contribution in [2.24, 2.45) is 0 Å². The van der Waals surface area contributed by atoms with Gasteiger partial charge in [0.05, 0.1) is 17.6 Å². The van der Waals surface area contributed by atoms with E-state index in [0.717, 1.165) is 11.1 Å². The number of esters is 1. The third-order valence-electron chi connectivity index (χ3n) is 3.98. The normalized spacial score (nSPS) is 15.4. The van der Waals surface area contributed by atoms with Crippen molar-refractivity contribution in [3.05, 3.63) is 52.1 Å². The van der Waals surface area contributed by atoms with E-state index in [9.17, 15) is 19.2 Å². The van der Waals surface area contributed by atoms with Gasteiger partial charge >= 0.3 is 11.9 Å². The minimum atomic E-state index is -1.27. The number of amides is 2. The quantitative estimate of drug-likeness (QED) is 0.600. The van der Waals surface area contributed by atoms with Crippen molar-refractivity contribution in [3.8, 4) is 11.3 Å². The molecule has 0 atom stereocenters. The minimum Gasteiger partial charge on any atom is -0.480 e. The predicted molar refractivity (Wildman–Crippen MR) is 101 cm³/mol. The van der Waals surface area contributed by atoms with E-state index in [2.05, 4.69) is 0 Å². The molecule has 1 fully saturated rings. The van der Waals surface area contributed by atoms with Crippen LogP contribution in [0.2, 0.25) is 0 Å². The molecule has 1 aliphatic heterocycles. The number of nitrogens with zero attached hydrogens (tertiary/aromatic N) is 1. The van der Waals surface area contributed by atoms with Crippen molar-refractivity contribution in [1.82, 2.24) is 4.90 Å². The van der Waals surface area contributed by atoms with E-state index in [0.29, 0.717) is 33.7 Å². The fourth-order valence-electron chi connectivity index (χ4n) is 2.66. The smallest absolute Gasteiger partial charge is 0.337 e.